The SMILES string of the molecule is CC1(C)OB(C(=Cc2ccc(F)cc2)CS)OC1(C)C. The number of hydrogen-bond acceptors (Lipinski definition) is 3. The molecule has 0 spiro atoms. The second-order valence-electron chi connectivity index (χ2n) is 6.02. The van der Waals surface area contributed by atoms with Crippen LogP contribution in [0.15, 0.2) is 29.7 Å². The van der Waals surface area contributed by atoms with E-state index < -0.39 is 7.12 Å². The smallest absolute Gasteiger partial charge is 0.400 e. The van der Waals surface area contributed by atoms with E-state index in [2.05, 4.69) is 12.6 Å². The van der Waals surface area contributed by atoms with Crippen LogP contribution in [0.25, 0.3) is 6.08 Å². The van der Waals surface area contributed by atoms with E-state index in [1.165, 1.54) is 12.1 Å². The third-order valence-electron chi connectivity index (χ3n) is 3.96. The first-order valence-corrected chi connectivity index (χ1v) is 7.31. The molecule has 108 valence electrons. The van der Waals surface area contributed by atoms with Gasteiger partial charge in [0.1, 0.15) is 5.82 Å². The zero-order valence-corrected chi connectivity index (χ0v) is 13.2. The number of rotatable bonds is 3. The predicted octanol–water partition coefficient (Wildman–Crippen LogP) is 3.77. The number of hydrogen-bond donors (Lipinski definition) is 1. The maximum atomic E-state index is 12.9. The highest BCUT2D eigenvalue weighted by Crippen LogP contribution is 2.38. The largest absolute Gasteiger partial charge is 0.491 e. The molecule has 0 radical (unpaired) electrons. The molecule has 1 heterocycles. The Labute approximate surface area is 125 Å². The van der Waals surface area contributed by atoms with Gasteiger partial charge in [0, 0.05) is 5.75 Å². The average molecular weight is 294 g/mol. The summed E-state index contributed by atoms with van der Waals surface area (Å²) in [4.78, 5) is 0. The molecule has 5 heteroatoms. The molecule has 0 bridgehead atoms. The van der Waals surface area contributed by atoms with Crippen molar-refractivity contribution < 1.29 is 13.7 Å². The maximum absolute atomic E-state index is 12.9. The highest BCUT2D eigenvalue weighted by atomic mass is 32.1. The number of thiol groups is 1. The van der Waals surface area contributed by atoms with Gasteiger partial charge in [0.15, 0.2) is 0 Å². The Morgan fingerprint density at radius 2 is 1.65 bits per heavy atom. The summed E-state index contributed by atoms with van der Waals surface area (Å²) in [5.41, 5.74) is 1.09. The van der Waals surface area contributed by atoms with Gasteiger partial charge in [-0.15, -0.1) is 0 Å². The summed E-state index contributed by atoms with van der Waals surface area (Å²) in [5, 5.41) is 0. The average Bonchev–Trinajstić information content (AvgIpc) is 2.57. The lowest BCUT2D eigenvalue weighted by Gasteiger charge is -2.32. The van der Waals surface area contributed by atoms with Crippen molar-refractivity contribution in [2.45, 2.75) is 38.9 Å². The minimum absolute atomic E-state index is 0.245. The quantitative estimate of drug-likeness (QED) is 0.675. The molecule has 2 rings (SSSR count). The van der Waals surface area contributed by atoms with Crippen molar-refractivity contribution in [3.8, 4) is 0 Å². The van der Waals surface area contributed by atoms with Gasteiger partial charge in [-0.3, -0.25) is 0 Å². The van der Waals surface area contributed by atoms with E-state index in [0.717, 1.165) is 11.0 Å². The highest BCUT2D eigenvalue weighted by Gasteiger charge is 2.52. The minimum Gasteiger partial charge on any atom is -0.400 e. The molecule has 1 aromatic carbocycles. The monoisotopic (exact) mass is 294 g/mol. The fourth-order valence-electron chi connectivity index (χ4n) is 1.96. The highest BCUT2D eigenvalue weighted by molar-refractivity contribution is 7.80. The van der Waals surface area contributed by atoms with Crippen molar-refractivity contribution in [3.05, 3.63) is 41.1 Å². The van der Waals surface area contributed by atoms with Crippen LogP contribution in [0.2, 0.25) is 0 Å². The standard InChI is InChI=1S/C15H20BFO2S/c1-14(2)15(3,4)19-16(18-14)12(10-20)9-11-5-7-13(17)8-6-11/h5-9,20H,10H2,1-4H3. The molecule has 2 nitrogen and oxygen atoms in total. The van der Waals surface area contributed by atoms with E-state index in [-0.39, 0.29) is 17.0 Å². The van der Waals surface area contributed by atoms with Gasteiger partial charge in [-0.2, -0.15) is 12.6 Å². The molecule has 0 saturated carbocycles. The minimum atomic E-state index is -0.414. The zero-order chi connectivity index (χ0) is 15.0. The van der Waals surface area contributed by atoms with Gasteiger partial charge >= 0.3 is 7.12 Å². The Bertz CT molecular complexity index is 495. The summed E-state index contributed by atoms with van der Waals surface area (Å²) < 4.78 is 24.9. The maximum Gasteiger partial charge on any atom is 0.491 e. The normalized spacial score (nSPS) is 21.3. The molecule has 1 aliphatic heterocycles. The van der Waals surface area contributed by atoms with E-state index >= 15 is 0 Å². The van der Waals surface area contributed by atoms with Crippen LogP contribution in [-0.4, -0.2) is 24.1 Å². The molecular formula is C15H20BFO2S. The zero-order valence-electron chi connectivity index (χ0n) is 12.3. The van der Waals surface area contributed by atoms with Crippen LogP contribution in [0.4, 0.5) is 4.39 Å². The Balaban J connectivity index is 2.24. The van der Waals surface area contributed by atoms with Crippen molar-refractivity contribution in [2.75, 3.05) is 5.75 Å². The lowest BCUT2D eigenvalue weighted by molar-refractivity contribution is 0.00578. The van der Waals surface area contributed by atoms with Gasteiger partial charge in [0.05, 0.1) is 11.2 Å². The van der Waals surface area contributed by atoms with Crippen LogP contribution in [0.1, 0.15) is 33.3 Å². The number of halogens is 1. The van der Waals surface area contributed by atoms with Gasteiger partial charge in [0.2, 0.25) is 0 Å². The van der Waals surface area contributed by atoms with Gasteiger partial charge < -0.3 is 9.31 Å². The van der Waals surface area contributed by atoms with Crippen LogP contribution in [0.5, 0.6) is 0 Å². The number of benzene rings is 1. The molecule has 20 heavy (non-hydrogen) atoms. The van der Waals surface area contributed by atoms with Crippen molar-refractivity contribution in [1.82, 2.24) is 0 Å². The van der Waals surface area contributed by atoms with Crippen molar-refractivity contribution in [1.29, 1.82) is 0 Å². The molecular weight excluding hydrogens is 274 g/mol. The molecule has 1 fully saturated rings. The van der Waals surface area contributed by atoms with Gasteiger partial charge in [-0.05, 0) is 50.9 Å². The Kier molecular flexibility index (Phi) is 4.33. The lowest BCUT2D eigenvalue weighted by atomic mass is 9.78. The molecule has 1 aromatic rings. The van der Waals surface area contributed by atoms with Crippen LogP contribution in [0, 0.1) is 5.82 Å². The van der Waals surface area contributed by atoms with Crippen LogP contribution in [-0.2, 0) is 9.31 Å². The fourth-order valence-corrected chi connectivity index (χ4v) is 2.20. The first-order chi connectivity index (χ1) is 9.25. The lowest BCUT2D eigenvalue weighted by Crippen LogP contribution is -2.41. The van der Waals surface area contributed by atoms with E-state index in [1.807, 2.05) is 33.8 Å². The third kappa shape index (κ3) is 3.10. The van der Waals surface area contributed by atoms with Crippen LogP contribution in [0.3, 0.4) is 0 Å². The van der Waals surface area contributed by atoms with Crippen molar-refractivity contribution in [3.63, 3.8) is 0 Å². The summed E-state index contributed by atoms with van der Waals surface area (Å²) in [5.74, 6) is 0.277. The molecule has 0 amide bonds. The first kappa shape index (κ1) is 15.6. The summed E-state index contributed by atoms with van der Waals surface area (Å²) in [6.45, 7) is 8.06. The van der Waals surface area contributed by atoms with Crippen molar-refractivity contribution in [2.24, 2.45) is 0 Å². The summed E-state index contributed by atoms with van der Waals surface area (Å²) in [7, 11) is -0.414. The Hall–Kier alpha value is -0.775. The fraction of sp³-hybridized carbons (Fsp3) is 0.467. The predicted molar refractivity (Wildman–Crippen MR) is 84.3 cm³/mol. The first-order valence-electron chi connectivity index (χ1n) is 6.68. The Morgan fingerprint density at radius 3 is 2.10 bits per heavy atom. The molecule has 0 N–H and O–H groups in total. The van der Waals surface area contributed by atoms with E-state index in [0.29, 0.717) is 5.75 Å². The second-order valence-corrected chi connectivity index (χ2v) is 6.33. The Morgan fingerprint density at radius 1 is 1.15 bits per heavy atom. The molecule has 0 aromatic heterocycles. The van der Waals surface area contributed by atoms with E-state index in [4.69, 9.17) is 9.31 Å². The summed E-state index contributed by atoms with van der Waals surface area (Å²) in [6, 6.07) is 6.33. The topological polar surface area (TPSA) is 18.5 Å². The summed E-state index contributed by atoms with van der Waals surface area (Å²) >= 11 is 4.35. The van der Waals surface area contributed by atoms with Gasteiger partial charge in [-0.1, -0.05) is 18.2 Å². The van der Waals surface area contributed by atoms with E-state index in [1.54, 1.807) is 12.1 Å². The third-order valence-corrected chi connectivity index (χ3v) is 4.33. The molecule has 1 aliphatic rings. The van der Waals surface area contributed by atoms with Crippen LogP contribution < -0.4 is 0 Å². The van der Waals surface area contributed by atoms with Gasteiger partial charge in [-0.25, -0.2) is 4.39 Å². The van der Waals surface area contributed by atoms with Gasteiger partial charge in [0.25, 0.3) is 0 Å². The van der Waals surface area contributed by atoms with E-state index in [9.17, 15) is 4.39 Å². The molecule has 0 unspecified atom stereocenters. The molecule has 0 atom stereocenters. The van der Waals surface area contributed by atoms with Crippen LogP contribution >= 0.6 is 12.6 Å². The summed E-state index contributed by atoms with van der Waals surface area (Å²) in [6.07, 6.45) is 1.94. The van der Waals surface area contributed by atoms with Crippen molar-refractivity contribution >= 4 is 25.8 Å². The molecule has 1 saturated heterocycles. The second kappa shape index (κ2) is 5.55. The molecule has 0 aliphatic carbocycles.